The predicted octanol–water partition coefficient (Wildman–Crippen LogP) is 2.64. The van der Waals surface area contributed by atoms with Crippen LogP contribution in [0.1, 0.15) is 17.4 Å². The SMILES string of the molecule is C=CCn1c(C(=O)NCC)cc2sccc21. The largest absolute Gasteiger partial charge is 0.351 e. The molecule has 84 valence electrons. The summed E-state index contributed by atoms with van der Waals surface area (Å²) in [5.74, 6) is -0.0206. The Morgan fingerprint density at radius 2 is 2.50 bits per heavy atom. The first-order valence-electron chi connectivity index (χ1n) is 5.23. The van der Waals surface area contributed by atoms with E-state index < -0.39 is 0 Å². The number of fused-ring (bicyclic) bond motifs is 1. The summed E-state index contributed by atoms with van der Waals surface area (Å²) in [6, 6.07) is 3.97. The zero-order valence-corrected chi connectivity index (χ0v) is 10.0. The molecule has 1 amide bonds. The van der Waals surface area contributed by atoms with Gasteiger partial charge in [-0.05, 0) is 24.4 Å². The van der Waals surface area contributed by atoms with Crippen LogP contribution in [0.15, 0.2) is 30.2 Å². The average Bonchev–Trinajstić information content (AvgIpc) is 2.81. The van der Waals surface area contributed by atoms with E-state index in [-0.39, 0.29) is 5.91 Å². The van der Waals surface area contributed by atoms with Crippen molar-refractivity contribution < 1.29 is 4.79 Å². The van der Waals surface area contributed by atoms with E-state index in [0.717, 1.165) is 10.2 Å². The van der Waals surface area contributed by atoms with Crippen LogP contribution < -0.4 is 5.32 Å². The van der Waals surface area contributed by atoms with Crippen LogP contribution in [0, 0.1) is 0 Å². The minimum atomic E-state index is -0.0206. The van der Waals surface area contributed by atoms with Crippen molar-refractivity contribution in [3.05, 3.63) is 35.9 Å². The quantitative estimate of drug-likeness (QED) is 0.811. The predicted molar refractivity (Wildman–Crippen MR) is 68.0 cm³/mol. The molecule has 0 atom stereocenters. The lowest BCUT2D eigenvalue weighted by atomic mass is 10.4. The van der Waals surface area contributed by atoms with Crippen molar-refractivity contribution in [3.63, 3.8) is 0 Å². The van der Waals surface area contributed by atoms with Gasteiger partial charge in [0.25, 0.3) is 5.91 Å². The highest BCUT2D eigenvalue weighted by atomic mass is 32.1. The van der Waals surface area contributed by atoms with Crippen molar-refractivity contribution in [3.8, 4) is 0 Å². The third-order valence-corrected chi connectivity index (χ3v) is 3.26. The van der Waals surface area contributed by atoms with E-state index in [1.165, 1.54) is 0 Å². The number of nitrogens with one attached hydrogen (secondary N) is 1. The lowest BCUT2D eigenvalue weighted by Gasteiger charge is -2.06. The Labute approximate surface area is 98.4 Å². The summed E-state index contributed by atoms with van der Waals surface area (Å²) in [5, 5.41) is 4.86. The van der Waals surface area contributed by atoms with Crippen LogP contribution in [0.2, 0.25) is 0 Å². The number of aromatic nitrogens is 1. The highest BCUT2D eigenvalue weighted by molar-refractivity contribution is 7.17. The van der Waals surface area contributed by atoms with Gasteiger partial charge in [0.05, 0.1) is 10.2 Å². The number of carbonyl (C=O) groups excluding carboxylic acids is 1. The Balaban J connectivity index is 2.49. The molecule has 2 aromatic rings. The van der Waals surface area contributed by atoms with Crippen LogP contribution in [0.4, 0.5) is 0 Å². The van der Waals surface area contributed by atoms with E-state index in [4.69, 9.17) is 0 Å². The fourth-order valence-corrected chi connectivity index (χ4v) is 2.56. The van der Waals surface area contributed by atoms with Gasteiger partial charge in [-0.3, -0.25) is 4.79 Å². The summed E-state index contributed by atoms with van der Waals surface area (Å²) in [5.41, 5.74) is 1.81. The number of carbonyl (C=O) groups is 1. The number of thiophene rings is 1. The standard InChI is InChI=1S/C12H14N2OS/c1-3-6-14-9-5-7-16-11(9)8-10(14)12(15)13-4-2/h3,5,7-8H,1,4,6H2,2H3,(H,13,15). The number of hydrogen-bond acceptors (Lipinski definition) is 2. The normalized spacial score (nSPS) is 10.6. The molecule has 0 saturated heterocycles. The van der Waals surface area contributed by atoms with Crippen LogP contribution in [0.5, 0.6) is 0 Å². The van der Waals surface area contributed by atoms with Crippen LogP contribution in [0.25, 0.3) is 10.2 Å². The zero-order chi connectivity index (χ0) is 11.5. The first kappa shape index (κ1) is 11.0. The van der Waals surface area contributed by atoms with Gasteiger partial charge in [-0.2, -0.15) is 0 Å². The number of rotatable bonds is 4. The molecule has 4 heteroatoms. The lowest BCUT2D eigenvalue weighted by molar-refractivity contribution is 0.0947. The van der Waals surface area contributed by atoms with Crippen molar-refractivity contribution in [2.75, 3.05) is 6.54 Å². The Hall–Kier alpha value is -1.55. The van der Waals surface area contributed by atoms with Gasteiger partial charge in [0, 0.05) is 13.1 Å². The van der Waals surface area contributed by atoms with Gasteiger partial charge in [-0.15, -0.1) is 17.9 Å². The van der Waals surface area contributed by atoms with Gasteiger partial charge in [0.1, 0.15) is 5.69 Å². The fraction of sp³-hybridized carbons (Fsp3) is 0.250. The second-order valence-corrected chi connectivity index (χ2v) is 4.41. The molecule has 3 nitrogen and oxygen atoms in total. The Morgan fingerprint density at radius 1 is 1.69 bits per heavy atom. The molecule has 0 radical (unpaired) electrons. The molecule has 0 aliphatic carbocycles. The van der Waals surface area contributed by atoms with E-state index >= 15 is 0 Å². The smallest absolute Gasteiger partial charge is 0.267 e. The van der Waals surface area contributed by atoms with E-state index in [0.29, 0.717) is 18.8 Å². The topological polar surface area (TPSA) is 34.0 Å². The summed E-state index contributed by atoms with van der Waals surface area (Å²) in [7, 11) is 0. The number of nitrogens with zero attached hydrogens (tertiary/aromatic N) is 1. The molecule has 0 unspecified atom stereocenters. The van der Waals surface area contributed by atoms with Gasteiger partial charge >= 0.3 is 0 Å². The molecule has 0 aromatic carbocycles. The number of amides is 1. The van der Waals surface area contributed by atoms with Gasteiger partial charge in [0.15, 0.2) is 0 Å². The second kappa shape index (κ2) is 4.53. The lowest BCUT2D eigenvalue weighted by Crippen LogP contribution is -2.25. The molecular weight excluding hydrogens is 220 g/mol. The summed E-state index contributed by atoms with van der Waals surface area (Å²) < 4.78 is 3.13. The summed E-state index contributed by atoms with van der Waals surface area (Å²) in [6.45, 7) is 6.95. The maximum absolute atomic E-state index is 11.8. The molecule has 0 aliphatic heterocycles. The van der Waals surface area contributed by atoms with Gasteiger partial charge in [-0.1, -0.05) is 6.08 Å². The summed E-state index contributed by atoms with van der Waals surface area (Å²) in [4.78, 5) is 11.8. The van der Waals surface area contributed by atoms with E-state index in [2.05, 4.69) is 11.9 Å². The fourth-order valence-electron chi connectivity index (χ4n) is 1.74. The number of hydrogen-bond donors (Lipinski definition) is 1. The number of allylic oxidation sites excluding steroid dienone is 1. The van der Waals surface area contributed by atoms with Gasteiger partial charge < -0.3 is 9.88 Å². The highest BCUT2D eigenvalue weighted by Crippen LogP contribution is 2.25. The highest BCUT2D eigenvalue weighted by Gasteiger charge is 2.14. The van der Waals surface area contributed by atoms with E-state index in [1.54, 1.807) is 17.4 Å². The maximum atomic E-state index is 11.8. The molecular formula is C12H14N2OS. The van der Waals surface area contributed by atoms with Crippen LogP contribution in [-0.4, -0.2) is 17.0 Å². The minimum absolute atomic E-state index is 0.0206. The van der Waals surface area contributed by atoms with Crippen molar-refractivity contribution in [2.45, 2.75) is 13.5 Å². The molecule has 0 saturated carbocycles. The zero-order valence-electron chi connectivity index (χ0n) is 9.19. The Morgan fingerprint density at radius 3 is 3.19 bits per heavy atom. The average molecular weight is 234 g/mol. The van der Waals surface area contributed by atoms with Crippen LogP contribution in [-0.2, 0) is 6.54 Å². The minimum Gasteiger partial charge on any atom is -0.351 e. The van der Waals surface area contributed by atoms with Crippen molar-refractivity contribution in [1.82, 2.24) is 9.88 Å². The van der Waals surface area contributed by atoms with Crippen molar-refractivity contribution in [2.24, 2.45) is 0 Å². The summed E-state index contributed by atoms with van der Waals surface area (Å²) >= 11 is 1.65. The molecule has 2 aromatic heterocycles. The monoisotopic (exact) mass is 234 g/mol. The van der Waals surface area contributed by atoms with Gasteiger partial charge in [-0.25, -0.2) is 0 Å². The molecule has 0 aliphatic rings. The van der Waals surface area contributed by atoms with Crippen LogP contribution in [0.3, 0.4) is 0 Å². The molecule has 1 N–H and O–H groups in total. The van der Waals surface area contributed by atoms with Crippen LogP contribution >= 0.6 is 11.3 Å². The molecule has 0 spiro atoms. The molecule has 0 bridgehead atoms. The third-order valence-electron chi connectivity index (χ3n) is 2.40. The molecule has 2 rings (SSSR count). The van der Waals surface area contributed by atoms with Crippen molar-refractivity contribution in [1.29, 1.82) is 0 Å². The first-order chi connectivity index (χ1) is 7.77. The van der Waals surface area contributed by atoms with Crippen molar-refractivity contribution >= 4 is 27.5 Å². The maximum Gasteiger partial charge on any atom is 0.267 e. The van der Waals surface area contributed by atoms with E-state index in [1.807, 2.05) is 29.0 Å². The Bertz CT molecular complexity index is 524. The second-order valence-electron chi connectivity index (χ2n) is 3.46. The Kier molecular flexibility index (Phi) is 3.10. The molecule has 0 fully saturated rings. The van der Waals surface area contributed by atoms with Gasteiger partial charge in [0.2, 0.25) is 0 Å². The molecule has 16 heavy (non-hydrogen) atoms. The summed E-state index contributed by atoms with van der Waals surface area (Å²) in [6.07, 6.45) is 1.81. The first-order valence-corrected chi connectivity index (χ1v) is 6.11. The third kappa shape index (κ3) is 1.76. The molecule has 2 heterocycles. The van der Waals surface area contributed by atoms with E-state index in [9.17, 15) is 4.79 Å².